The van der Waals surface area contributed by atoms with Gasteiger partial charge in [0.05, 0.1) is 22.9 Å². The van der Waals surface area contributed by atoms with Crippen LogP contribution in [0.15, 0.2) is 0 Å². The van der Waals surface area contributed by atoms with Crippen molar-refractivity contribution in [2.24, 2.45) is 0 Å². The van der Waals surface area contributed by atoms with Gasteiger partial charge in [-0.2, -0.15) is 8.42 Å². The molecule has 0 aliphatic carbocycles. The molecule has 0 aromatic carbocycles. The summed E-state index contributed by atoms with van der Waals surface area (Å²) in [5.74, 6) is 0. The number of rotatable bonds is 1. The van der Waals surface area contributed by atoms with Gasteiger partial charge in [-0.05, 0) is 2.04 Å². The van der Waals surface area contributed by atoms with Gasteiger partial charge in [0.15, 0.2) is 0 Å². The topological polar surface area (TPSA) is 57.6 Å². The van der Waals surface area contributed by atoms with E-state index in [0.29, 0.717) is 0 Å². The fourth-order valence-electron chi connectivity index (χ4n) is 0. The minimum Gasteiger partial charge on any atom is -0.272 e. The molecule has 0 radical (unpaired) electrons. The predicted molar refractivity (Wildman–Crippen MR) is 33.3 cm³/mol. The molecule has 0 bridgehead atoms. The van der Waals surface area contributed by atoms with Crippen LogP contribution in [-0.2, 0) is 10.3 Å². The molecule has 44 valence electrons. The van der Waals surface area contributed by atoms with Crippen LogP contribution in [0.3, 0.4) is 0 Å². The van der Waals surface area contributed by atoms with Gasteiger partial charge in [0.2, 0.25) is 0 Å². The van der Waals surface area contributed by atoms with Crippen molar-refractivity contribution < 1.29 is 13.0 Å². The fourth-order valence-corrected chi connectivity index (χ4v) is 0. The van der Waals surface area contributed by atoms with Crippen molar-refractivity contribution in [3.8, 4) is 0 Å². The molecular weight excluding hydrogens is 256 g/mol. The molecule has 0 amide bonds. The summed E-state index contributed by atoms with van der Waals surface area (Å²) in [5, 5.41) is 0. The van der Waals surface area contributed by atoms with Gasteiger partial charge in [0.1, 0.15) is 0 Å². The van der Waals surface area contributed by atoms with Crippen LogP contribution in [0.5, 0.6) is 0 Å². The summed E-state index contributed by atoms with van der Waals surface area (Å²) in [4.78, 5) is 0. The molecule has 0 rings (SSSR count). The van der Waals surface area contributed by atoms with Gasteiger partial charge in [-0.3, -0.25) is 4.55 Å². The van der Waals surface area contributed by atoms with E-state index in [4.69, 9.17) is 16.3 Å². The van der Waals surface area contributed by atoms with Gasteiger partial charge in [0.25, 0.3) is 0 Å². The van der Waals surface area contributed by atoms with E-state index in [2.05, 4.69) is 0 Å². The lowest BCUT2D eigenvalue weighted by Gasteiger charge is -1.93. The lowest BCUT2D eigenvalue weighted by Crippen LogP contribution is -2.08. The number of hydrogen-bond donors (Lipinski definition) is 1. The van der Waals surface area contributed by atoms with Crippen LogP contribution < -0.4 is 0 Å². The summed E-state index contributed by atoms with van der Waals surface area (Å²) in [6, 6.07) is 0. The summed E-state index contributed by atoms with van der Waals surface area (Å²) in [5.41, 5.74) is 0. The van der Waals surface area contributed by atoms with Gasteiger partial charge in [-0.15, -0.1) is 0 Å². The van der Waals surface area contributed by atoms with Crippen LogP contribution in [0.2, 0.25) is 0 Å². The van der Waals surface area contributed by atoms with E-state index in [1.807, 2.05) is 0 Å². The maximum Gasteiger partial charge on any atom is 0.358 e. The monoisotopic (exact) mass is 257 g/mol. The molecule has 7 heavy (non-hydrogen) atoms. The highest BCUT2D eigenvalue weighted by atomic mass is 127. The average Bonchev–Trinajstić information content (AvgIpc) is 1.31. The fraction of sp³-hybridized carbons (Fsp3) is 0. The maximum atomic E-state index is 9.67. The molecular formula is HClINO3S. The first kappa shape index (κ1) is 7.89. The molecule has 0 fully saturated rings. The normalized spacial score (nSPS) is 12.6. The van der Waals surface area contributed by atoms with Crippen molar-refractivity contribution in [1.29, 1.82) is 0 Å². The maximum absolute atomic E-state index is 9.67. The van der Waals surface area contributed by atoms with Gasteiger partial charge in [0, 0.05) is 11.8 Å². The first-order valence-corrected chi connectivity index (χ1v) is 3.74. The van der Waals surface area contributed by atoms with Crippen molar-refractivity contribution in [3.63, 3.8) is 0 Å². The Hall–Kier alpha value is 0.890. The minimum absolute atomic E-state index is 0.157. The Kier molecular flexibility index (Phi) is 2.75. The van der Waals surface area contributed by atoms with Crippen molar-refractivity contribution in [1.82, 2.24) is 2.04 Å². The summed E-state index contributed by atoms with van der Waals surface area (Å²) in [6.45, 7) is 0. The zero-order valence-corrected chi connectivity index (χ0v) is 6.61. The summed E-state index contributed by atoms with van der Waals surface area (Å²) >= 11 is 5.95. The SMILES string of the molecule is O=S(=O)(O)N(Cl)I. The van der Waals surface area contributed by atoms with Crippen molar-refractivity contribution >= 4 is 44.9 Å². The van der Waals surface area contributed by atoms with Crippen LogP contribution in [0.25, 0.3) is 0 Å². The highest BCUT2D eigenvalue weighted by Gasteiger charge is 2.09. The van der Waals surface area contributed by atoms with Crippen LogP contribution in [0.1, 0.15) is 0 Å². The zero-order chi connectivity index (χ0) is 6.08. The Labute approximate surface area is 59.9 Å². The lowest BCUT2D eigenvalue weighted by molar-refractivity contribution is 0.468. The van der Waals surface area contributed by atoms with Gasteiger partial charge < -0.3 is 0 Å². The second-order valence-corrected chi connectivity index (χ2v) is 4.64. The third-order valence-electron chi connectivity index (χ3n) is 0.174. The molecule has 0 saturated heterocycles. The molecule has 0 aliphatic rings. The Balaban J connectivity index is 4.10. The number of nitrogens with zero attached hydrogens (tertiary/aromatic N) is 1. The first-order valence-electron chi connectivity index (χ1n) is 1.04. The highest BCUT2D eigenvalue weighted by molar-refractivity contribution is 14.1. The average molecular weight is 257 g/mol. The van der Waals surface area contributed by atoms with E-state index in [9.17, 15) is 8.42 Å². The Morgan fingerprint density at radius 2 is 1.86 bits per heavy atom. The standard InChI is InChI=1S/ClHINO3S/c1-3(2)7(4,5)6/h(H,4,5,6). The van der Waals surface area contributed by atoms with Gasteiger partial charge in [-0.1, -0.05) is 0 Å². The smallest absolute Gasteiger partial charge is 0.272 e. The number of hydrogen-bond acceptors (Lipinski definition) is 2. The van der Waals surface area contributed by atoms with E-state index < -0.39 is 10.3 Å². The Morgan fingerprint density at radius 1 is 1.71 bits per heavy atom. The third-order valence-corrected chi connectivity index (χ3v) is 2.54. The molecule has 1 N–H and O–H groups in total. The van der Waals surface area contributed by atoms with E-state index in [0.717, 1.165) is 0 Å². The lowest BCUT2D eigenvalue weighted by atomic mass is 13.9. The summed E-state index contributed by atoms with van der Waals surface area (Å²) < 4.78 is 27.4. The van der Waals surface area contributed by atoms with Crippen LogP contribution in [-0.4, -0.2) is 15.0 Å². The molecule has 0 heterocycles. The van der Waals surface area contributed by atoms with Gasteiger partial charge >= 0.3 is 10.3 Å². The molecule has 0 aromatic rings. The molecule has 0 aromatic heterocycles. The first-order chi connectivity index (χ1) is 2.94. The van der Waals surface area contributed by atoms with E-state index >= 15 is 0 Å². The molecule has 0 spiro atoms. The molecule has 7 heteroatoms. The largest absolute Gasteiger partial charge is 0.358 e. The van der Waals surface area contributed by atoms with Crippen LogP contribution in [0.4, 0.5) is 0 Å². The predicted octanol–water partition coefficient (Wildman–Crippen LogP) is 0.595. The Bertz CT molecular complexity index is 137. The van der Waals surface area contributed by atoms with E-state index in [-0.39, 0.29) is 2.04 Å². The summed E-state index contributed by atoms with van der Waals surface area (Å²) in [7, 11) is -4.16. The summed E-state index contributed by atoms with van der Waals surface area (Å²) in [6.07, 6.45) is 0. The van der Waals surface area contributed by atoms with Crippen LogP contribution in [0, 0.1) is 0 Å². The molecule has 0 atom stereocenters. The van der Waals surface area contributed by atoms with Crippen LogP contribution >= 0.6 is 34.6 Å². The Morgan fingerprint density at radius 3 is 1.86 bits per heavy atom. The third kappa shape index (κ3) is 3.47. The second-order valence-electron chi connectivity index (χ2n) is 0.650. The molecule has 0 unspecified atom stereocenters. The van der Waals surface area contributed by atoms with Gasteiger partial charge in [-0.25, -0.2) is 0 Å². The molecule has 4 nitrogen and oxygen atoms in total. The highest BCUT2D eigenvalue weighted by Crippen LogP contribution is 2.07. The molecule has 0 saturated carbocycles. The zero-order valence-electron chi connectivity index (χ0n) is 2.88. The number of halogens is 2. The van der Waals surface area contributed by atoms with E-state index in [1.165, 1.54) is 22.9 Å². The minimum atomic E-state index is -4.16. The quantitative estimate of drug-likeness (QED) is 0.425. The van der Waals surface area contributed by atoms with Crippen molar-refractivity contribution in [2.45, 2.75) is 0 Å². The molecule has 0 aliphatic heterocycles. The second kappa shape index (κ2) is 2.44. The van der Waals surface area contributed by atoms with Crippen molar-refractivity contribution in [2.75, 3.05) is 0 Å². The van der Waals surface area contributed by atoms with Crippen molar-refractivity contribution in [3.05, 3.63) is 0 Å². The van der Waals surface area contributed by atoms with E-state index in [1.54, 1.807) is 0 Å².